The van der Waals surface area contributed by atoms with Gasteiger partial charge in [-0.25, -0.2) is 0 Å². The summed E-state index contributed by atoms with van der Waals surface area (Å²) < 4.78 is 10.1. The number of nitro groups is 1. The van der Waals surface area contributed by atoms with Crippen molar-refractivity contribution in [2.45, 2.75) is 19.4 Å². The van der Waals surface area contributed by atoms with Crippen LogP contribution in [0, 0.1) is 10.1 Å². The van der Waals surface area contributed by atoms with E-state index in [2.05, 4.69) is 0 Å². The molecule has 0 saturated heterocycles. The first-order valence-electron chi connectivity index (χ1n) is 5.15. The Hall–Kier alpha value is -2.31. The molecule has 0 saturated carbocycles. The van der Waals surface area contributed by atoms with E-state index in [-0.39, 0.29) is 23.6 Å². The highest BCUT2D eigenvalue weighted by molar-refractivity contribution is 5.67. The zero-order valence-electron chi connectivity index (χ0n) is 9.95. The van der Waals surface area contributed by atoms with Gasteiger partial charge in [-0.05, 0) is 19.1 Å². The van der Waals surface area contributed by atoms with Gasteiger partial charge < -0.3 is 14.6 Å². The van der Waals surface area contributed by atoms with Crippen LogP contribution in [0.4, 0.5) is 5.69 Å². The maximum Gasteiger partial charge on any atom is 0.314 e. The van der Waals surface area contributed by atoms with Crippen molar-refractivity contribution in [3.63, 3.8) is 0 Å². The second-order valence-electron chi connectivity index (χ2n) is 3.62. The molecule has 1 aromatic carbocycles. The summed E-state index contributed by atoms with van der Waals surface area (Å²) in [7, 11) is 1.33. The molecule has 1 rings (SSSR count). The van der Waals surface area contributed by atoms with E-state index in [0.717, 1.165) is 0 Å². The fourth-order valence-electron chi connectivity index (χ4n) is 1.41. The number of carboxylic acid groups (broad SMARTS) is 1. The average Bonchev–Trinajstić information content (AvgIpc) is 2.27. The molecule has 0 amide bonds. The van der Waals surface area contributed by atoms with Gasteiger partial charge in [0.05, 0.1) is 24.5 Å². The number of carbonyl (C=O) groups is 1. The average molecular weight is 255 g/mol. The van der Waals surface area contributed by atoms with E-state index in [1.807, 2.05) is 0 Å². The molecular formula is C11H13NO6. The van der Waals surface area contributed by atoms with Crippen LogP contribution in [0.2, 0.25) is 0 Å². The highest BCUT2D eigenvalue weighted by atomic mass is 16.6. The molecule has 98 valence electrons. The molecule has 0 unspecified atom stereocenters. The number of hydrogen-bond donors (Lipinski definition) is 1. The number of hydrogen-bond acceptors (Lipinski definition) is 5. The number of benzene rings is 1. The quantitative estimate of drug-likeness (QED) is 0.615. The molecule has 0 aliphatic heterocycles. The molecule has 0 aliphatic rings. The molecule has 0 bridgehead atoms. The van der Waals surface area contributed by atoms with Crippen molar-refractivity contribution in [2.75, 3.05) is 7.11 Å². The van der Waals surface area contributed by atoms with Gasteiger partial charge in [-0.1, -0.05) is 0 Å². The van der Waals surface area contributed by atoms with Gasteiger partial charge in [0.15, 0.2) is 5.75 Å². The third-order valence-electron chi connectivity index (χ3n) is 2.15. The lowest BCUT2D eigenvalue weighted by Gasteiger charge is -2.12. The Kier molecular flexibility index (Phi) is 4.47. The molecule has 0 aromatic heterocycles. The van der Waals surface area contributed by atoms with E-state index in [1.54, 1.807) is 6.92 Å². The van der Waals surface area contributed by atoms with Crippen LogP contribution in [0.1, 0.15) is 13.3 Å². The third-order valence-corrected chi connectivity index (χ3v) is 2.15. The van der Waals surface area contributed by atoms with Crippen molar-refractivity contribution in [1.29, 1.82) is 0 Å². The number of nitrogens with zero attached hydrogens (tertiary/aromatic N) is 1. The minimum Gasteiger partial charge on any atom is -0.490 e. The van der Waals surface area contributed by atoms with Gasteiger partial charge in [0, 0.05) is 0 Å². The number of rotatable bonds is 6. The Bertz CT molecular complexity index is 459. The summed E-state index contributed by atoms with van der Waals surface area (Å²) in [4.78, 5) is 20.6. The first-order chi connectivity index (χ1) is 8.43. The summed E-state index contributed by atoms with van der Waals surface area (Å²) in [5.41, 5.74) is -0.225. The van der Waals surface area contributed by atoms with Gasteiger partial charge in [-0.2, -0.15) is 0 Å². The number of nitro benzene ring substituents is 1. The minimum atomic E-state index is -0.995. The van der Waals surface area contributed by atoms with E-state index in [9.17, 15) is 14.9 Å². The maximum atomic E-state index is 10.8. The fourth-order valence-corrected chi connectivity index (χ4v) is 1.41. The lowest BCUT2D eigenvalue weighted by atomic mass is 10.2. The van der Waals surface area contributed by atoms with Crippen molar-refractivity contribution < 1.29 is 24.3 Å². The van der Waals surface area contributed by atoms with E-state index >= 15 is 0 Å². The van der Waals surface area contributed by atoms with Crippen molar-refractivity contribution in [3.8, 4) is 11.5 Å². The minimum absolute atomic E-state index is 0.123. The van der Waals surface area contributed by atoms with Crippen LogP contribution in [0.3, 0.4) is 0 Å². The molecular weight excluding hydrogens is 242 g/mol. The Balaban J connectivity index is 2.88. The predicted octanol–water partition coefficient (Wildman–Crippen LogP) is 1.85. The van der Waals surface area contributed by atoms with Gasteiger partial charge in [0.2, 0.25) is 0 Å². The van der Waals surface area contributed by atoms with Crippen LogP contribution in [-0.4, -0.2) is 29.2 Å². The van der Waals surface area contributed by atoms with Crippen LogP contribution in [0.25, 0.3) is 0 Å². The van der Waals surface area contributed by atoms with Crippen molar-refractivity contribution in [3.05, 3.63) is 28.3 Å². The molecule has 18 heavy (non-hydrogen) atoms. The topological polar surface area (TPSA) is 98.9 Å². The molecule has 7 heteroatoms. The van der Waals surface area contributed by atoms with Gasteiger partial charge in [-0.15, -0.1) is 0 Å². The van der Waals surface area contributed by atoms with Gasteiger partial charge in [0.25, 0.3) is 0 Å². The number of methoxy groups -OCH3 is 1. The van der Waals surface area contributed by atoms with Crippen LogP contribution < -0.4 is 9.47 Å². The van der Waals surface area contributed by atoms with Gasteiger partial charge >= 0.3 is 11.7 Å². The smallest absolute Gasteiger partial charge is 0.314 e. The third kappa shape index (κ3) is 3.62. The van der Waals surface area contributed by atoms with Crippen molar-refractivity contribution >= 4 is 11.7 Å². The molecule has 7 nitrogen and oxygen atoms in total. The Labute approximate surface area is 103 Å². The number of carboxylic acids is 1. The predicted molar refractivity (Wildman–Crippen MR) is 62.0 cm³/mol. The van der Waals surface area contributed by atoms with E-state index in [1.165, 1.54) is 25.3 Å². The van der Waals surface area contributed by atoms with Crippen LogP contribution >= 0.6 is 0 Å². The molecule has 0 radical (unpaired) electrons. The largest absolute Gasteiger partial charge is 0.490 e. The Morgan fingerprint density at radius 1 is 1.56 bits per heavy atom. The fraction of sp³-hybridized carbons (Fsp3) is 0.364. The van der Waals surface area contributed by atoms with Crippen LogP contribution in [-0.2, 0) is 4.79 Å². The molecule has 0 heterocycles. The maximum absolute atomic E-state index is 10.8. The summed E-state index contributed by atoms with van der Waals surface area (Å²) in [5, 5.41) is 19.4. The Morgan fingerprint density at radius 2 is 2.22 bits per heavy atom. The number of ether oxygens (including phenoxy) is 2. The van der Waals surface area contributed by atoms with E-state index < -0.39 is 17.0 Å². The van der Waals surface area contributed by atoms with Gasteiger partial charge in [0.1, 0.15) is 11.9 Å². The molecule has 1 atom stereocenters. The molecule has 1 N–H and O–H groups in total. The van der Waals surface area contributed by atoms with Crippen LogP contribution in [0.15, 0.2) is 18.2 Å². The lowest BCUT2D eigenvalue weighted by molar-refractivity contribution is -0.385. The molecule has 0 spiro atoms. The highest BCUT2D eigenvalue weighted by Gasteiger charge is 2.17. The molecule has 0 fully saturated rings. The zero-order valence-corrected chi connectivity index (χ0v) is 9.95. The normalized spacial score (nSPS) is 11.7. The first kappa shape index (κ1) is 13.8. The van der Waals surface area contributed by atoms with Crippen molar-refractivity contribution in [1.82, 2.24) is 0 Å². The SMILES string of the molecule is COc1ccc(O[C@@H](C)CC(=O)O)cc1[N+](=O)[O-]. The highest BCUT2D eigenvalue weighted by Crippen LogP contribution is 2.31. The Morgan fingerprint density at radius 3 is 2.72 bits per heavy atom. The van der Waals surface area contributed by atoms with E-state index in [0.29, 0.717) is 0 Å². The summed E-state index contributed by atoms with van der Waals surface area (Å²) in [6.07, 6.45) is -0.754. The molecule has 0 aliphatic carbocycles. The lowest BCUT2D eigenvalue weighted by Crippen LogP contribution is -2.16. The zero-order chi connectivity index (χ0) is 13.7. The molecule has 1 aromatic rings. The number of aliphatic carboxylic acids is 1. The monoisotopic (exact) mass is 255 g/mol. The van der Waals surface area contributed by atoms with Crippen LogP contribution in [0.5, 0.6) is 11.5 Å². The second kappa shape index (κ2) is 5.85. The van der Waals surface area contributed by atoms with Gasteiger partial charge in [-0.3, -0.25) is 14.9 Å². The standard InChI is InChI=1S/C11H13NO6/c1-7(5-11(13)14)18-8-3-4-10(17-2)9(6-8)12(15)16/h3-4,6-7H,5H2,1-2H3,(H,13,14)/t7-/m0/s1. The summed E-state index contributed by atoms with van der Waals surface area (Å²) in [5.74, 6) is -0.639. The van der Waals surface area contributed by atoms with E-state index in [4.69, 9.17) is 14.6 Å². The van der Waals surface area contributed by atoms with Crippen molar-refractivity contribution in [2.24, 2.45) is 0 Å². The summed E-state index contributed by atoms with van der Waals surface area (Å²) in [6.45, 7) is 1.57. The second-order valence-corrected chi connectivity index (χ2v) is 3.62. The summed E-state index contributed by atoms with van der Waals surface area (Å²) in [6, 6.07) is 4.10. The summed E-state index contributed by atoms with van der Waals surface area (Å²) >= 11 is 0. The first-order valence-corrected chi connectivity index (χ1v) is 5.15.